The second-order valence-corrected chi connectivity index (χ2v) is 3.93. The minimum Gasteiger partial charge on any atom is -0.360 e. The molecule has 1 aromatic carbocycles. The molecule has 4 nitrogen and oxygen atoms in total. The summed E-state index contributed by atoms with van der Waals surface area (Å²) >= 11 is 4.96. The molecule has 2 rings (SSSR count). The summed E-state index contributed by atoms with van der Waals surface area (Å²) in [5.74, 6) is -0.347. The van der Waals surface area contributed by atoms with E-state index in [1.54, 1.807) is 13.0 Å². The van der Waals surface area contributed by atoms with Crippen LogP contribution in [0.4, 0.5) is 20.3 Å². The third kappa shape index (κ3) is 3.01. The van der Waals surface area contributed by atoms with Crippen LogP contribution in [0.25, 0.3) is 0 Å². The Morgan fingerprint density at radius 3 is 2.67 bits per heavy atom. The fraction of sp³-hybridized carbons (Fsp3) is 0.0909. The topological polar surface area (TPSA) is 50.1 Å². The van der Waals surface area contributed by atoms with Crippen molar-refractivity contribution in [3.05, 3.63) is 41.7 Å². The van der Waals surface area contributed by atoms with E-state index in [4.69, 9.17) is 16.7 Å². The number of anilines is 2. The molecule has 0 fully saturated rings. The van der Waals surface area contributed by atoms with E-state index in [9.17, 15) is 8.78 Å². The Bertz CT molecular complexity index is 585. The molecular formula is C11H9F2N3OS. The van der Waals surface area contributed by atoms with Crippen LogP contribution in [0.3, 0.4) is 0 Å². The van der Waals surface area contributed by atoms with Gasteiger partial charge in [0.05, 0.1) is 5.69 Å². The van der Waals surface area contributed by atoms with Gasteiger partial charge in [0.2, 0.25) is 0 Å². The van der Waals surface area contributed by atoms with Gasteiger partial charge < -0.3 is 15.2 Å². The number of nitrogens with one attached hydrogen (secondary N) is 2. The highest BCUT2D eigenvalue weighted by Crippen LogP contribution is 2.15. The summed E-state index contributed by atoms with van der Waals surface area (Å²) in [7, 11) is 0. The largest absolute Gasteiger partial charge is 0.360 e. The normalized spacial score (nSPS) is 10.2. The maximum atomic E-state index is 13.3. The van der Waals surface area contributed by atoms with Gasteiger partial charge in [-0.2, -0.15) is 0 Å². The van der Waals surface area contributed by atoms with Gasteiger partial charge in [0.25, 0.3) is 0 Å². The highest BCUT2D eigenvalue weighted by molar-refractivity contribution is 7.80. The predicted octanol–water partition coefficient (Wildman–Crippen LogP) is 3.07. The summed E-state index contributed by atoms with van der Waals surface area (Å²) in [6, 6.07) is 4.79. The van der Waals surface area contributed by atoms with Crippen LogP contribution in [0.1, 0.15) is 5.76 Å². The minimum absolute atomic E-state index is 0.0779. The van der Waals surface area contributed by atoms with E-state index in [-0.39, 0.29) is 10.8 Å². The SMILES string of the molecule is Cc1cc(NC(=S)Nc2ccc(F)cc2F)no1. The van der Waals surface area contributed by atoms with Crippen LogP contribution >= 0.6 is 12.2 Å². The molecule has 0 aliphatic heterocycles. The van der Waals surface area contributed by atoms with E-state index >= 15 is 0 Å². The lowest BCUT2D eigenvalue weighted by Gasteiger charge is -2.08. The van der Waals surface area contributed by atoms with Gasteiger partial charge in [-0.25, -0.2) is 8.78 Å². The molecule has 2 aromatic rings. The molecule has 1 heterocycles. The van der Waals surface area contributed by atoms with Gasteiger partial charge in [0.1, 0.15) is 17.4 Å². The maximum Gasteiger partial charge on any atom is 0.176 e. The average Bonchev–Trinajstić information content (AvgIpc) is 2.68. The van der Waals surface area contributed by atoms with Crippen LogP contribution in [0.2, 0.25) is 0 Å². The van der Waals surface area contributed by atoms with Gasteiger partial charge in [-0.15, -0.1) is 0 Å². The molecular weight excluding hydrogens is 260 g/mol. The number of thiocarbonyl (C=S) groups is 1. The Kier molecular flexibility index (Phi) is 3.52. The van der Waals surface area contributed by atoms with E-state index in [2.05, 4.69) is 15.8 Å². The predicted molar refractivity (Wildman–Crippen MR) is 67.4 cm³/mol. The van der Waals surface area contributed by atoms with Crippen LogP contribution in [0.15, 0.2) is 28.8 Å². The van der Waals surface area contributed by atoms with E-state index in [0.29, 0.717) is 11.6 Å². The lowest BCUT2D eigenvalue weighted by molar-refractivity contribution is 0.400. The second kappa shape index (κ2) is 5.09. The Morgan fingerprint density at radius 2 is 2.06 bits per heavy atom. The molecule has 0 saturated heterocycles. The number of hydrogen-bond donors (Lipinski definition) is 2. The highest BCUT2D eigenvalue weighted by Gasteiger charge is 2.07. The van der Waals surface area contributed by atoms with Crippen LogP contribution < -0.4 is 10.6 Å². The highest BCUT2D eigenvalue weighted by atomic mass is 32.1. The minimum atomic E-state index is -0.726. The fourth-order valence-corrected chi connectivity index (χ4v) is 1.50. The van der Waals surface area contributed by atoms with Crippen molar-refractivity contribution in [2.45, 2.75) is 6.92 Å². The van der Waals surface area contributed by atoms with Crippen molar-refractivity contribution < 1.29 is 13.3 Å². The van der Waals surface area contributed by atoms with Crippen molar-refractivity contribution in [2.75, 3.05) is 10.6 Å². The molecule has 0 radical (unpaired) electrons. The zero-order valence-electron chi connectivity index (χ0n) is 9.33. The molecule has 1 aromatic heterocycles. The van der Waals surface area contributed by atoms with Gasteiger partial charge in [0, 0.05) is 12.1 Å². The summed E-state index contributed by atoms with van der Waals surface area (Å²) in [6.45, 7) is 1.73. The first kappa shape index (κ1) is 12.4. The summed E-state index contributed by atoms with van der Waals surface area (Å²) in [5, 5.41) is 9.10. The van der Waals surface area contributed by atoms with Crippen molar-refractivity contribution >= 4 is 28.8 Å². The van der Waals surface area contributed by atoms with Crippen LogP contribution in [0, 0.1) is 18.6 Å². The van der Waals surface area contributed by atoms with Crippen LogP contribution in [-0.4, -0.2) is 10.3 Å². The van der Waals surface area contributed by atoms with E-state index in [0.717, 1.165) is 12.1 Å². The van der Waals surface area contributed by atoms with Crippen molar-refractivity contribution in [3.63, 3.8) is 0 Å². The molecule has 0 amide bonds. The summed E-state index contributed by atoms with van der Waals surface area (Å²) in [6.07, 6.45) is 0. The number of hydrogen-bond acceptors (Lipinski definition) is 3. The molecule has 2 N–H and O–H groups in total. The third-order valence-corrected chi connectivity index (χ3v) is 2.25. The Balaban J connectivity index is 2.03. The number of nitrogens with zero attached hydrogens (tertiary/aromatic N) is 1. The third-order valence-electron chi connectivity index (χ3n) is 2.05. The Labute approximate surface area is 107 Å². The quantitative estimate of drug-likeness (QED) is 0.821. The zero-order chi connectivity index (χ0) is 13.1. The van der Waals surface area contributed by atoms with Gasteiger partial charge in [-0.1, -0.05) is 5.16 Å². The summed E-state index contributed by atoms with van der Waals surface area (Å²) in [5.41, 5.74) is 0.0779. The van der Waals surface area contributed by atoms with Gasteiger partial charge >= 0.3 is 0 Å². The van der Waals surface area contributed by atoms with E-state index in [1.807, 2.05) is 0 Å². The maximum absolute atomic E-state index is 13.3. The molecule has 0 unspecified atom stereocenters. The second-order valence-electron chi connectivity index (χ2n) is 3.53. The lowest BCUT2D eigenvalue weighted by atomic mass is 10.3. The number of aromatic nitrogens is 1. The molecule has 0 bridgehead atoms. The lowest BCUT2D eigenvalue weighted by Crippen LogP contribution is -2.20. The number of benzene rings is 1. The van der Waals surface area contributed by atoms with Crippen molar-refractivity contribution in [1.29, 1.82) is 0 Å². The molecule has 0 saturated carbocycles. The summed E-state index contributed by atoms with van der Waals surface area (Å²) in [4.78, 5) is 0. The fourth-order valence-electron chi connectivity index (χ4n) is 1.29. The standard InChI is InChI=1S/C11H9F2N3OS/c1-6-4-10(16-17-6)15-11(18)14-9-3-2-7(12)5-8(9)13/h2-5H,1H3,(H2,14,15,16,18). The monoisotopic (exact) mass is 269 g/mol. The van der Waals surface area contributed by atoms with Crippen molar-refractivity contribution in [1.82, 2.24) is 5.16 Å². The molecule has 7 heteroatoms. The molecule has 94 valence electrons. The molecule has 0 spiro atoms. The van der Waals surface area contributed by atoms with Crippen molar-refractivity contribution in [3.8, 4) is 0 Å². The number of rotatable bonds is 2. The van der Waals surface area contributed by atoms with Crippen molar-refractivity contribution in [2.24, 2.45) is 0 Å². The van der Waals surface area contributed by atoms with E-state index in [1.165, 1.54) is 6.07 Å². The number of aryl methyl sites for hydroxylation is 1. The zero-order valence-corrected chi connectivity index (χ0v) is 10.1. The van der Waals surface area contributed by atoms with Crippen LogP contribution in [0.5, 0.6) is 0 Å². The first-order chi connectivity index (χ1) is 8.54. The average molecular weight is 269 g/mol. The smallest absolute Gasteiger partial charge is 0.176 e. The summed E-state index contributed by atoms with van der Waals surface area (Å²) < 4.78 is 30.9. The van der Waals surface area contributed by atoms with Gasteiger partial charge in [-0.05, 0) is 31.3 Å². The van der Waals surface area contributed by atoms with E-state index < -0.39 is 11.6 Å². The Morgan fingerprint density at radius 1 is 1.28 bits per heavy atom. The van der Waals surface area contributed by atoms with Gasteiger partial charge in [0.15, 0.2) is 10.9 Å². The Hall–Kier alpha value is -2.02. The first-order valence-corrected chi connectivity index (χ1v) is 5.42. The van der Waals surface area contributed by atoms with Gasteiger partial charge in [-0.3, -0.25) is 0 Å². The number of halogens is 2. The van der Waals surface area contributed by atoms with Crippen LogP contribution in [-0.2, 0) is 0 Å². The molecule has 18 heavy (non-hydrogen) atoms. The molecule has 0 aliphatic rings. The molecule has 0 atom stereocenters. The first-order valence-electron chi connectivity index (χ1n) is 5.01. The molecule has 0 aliphatic carbocycles.